The Kier molecular flexibility index (Phi) is 9.08. The van der Waals surface area contributed by atoms with Crippen LogP contribution in [-0.2, 0) is 21.2 Å². The number of imidazole rings is 1. The average Bonchev–Trinajstić information content (AvgIpc) is 3.19. The molecule has 37 heavy (non-hydrogen) atoms. The molecule has 0 radical (unpaired) electrons. The number of likely N-dealkylation sites (N-methyl/N-ethyl adjacent to an activating group) is 2. The minimum Gasteiger partial charge on any atom is -0.493 e. The molecule has 0 bridgehead atoms. The van der Waals surface area contributed by atoms with Crippen molar-refractivity contribution in [2.75, 3.05) is 32.8 Å². The number of carbonyl (C=O) groups is 1. The predicted octanol–water partition coefficient (Wildman–Crippen LogP) is 2.62. The first-order valence-electron chi connectivity index (χ1n) is 12.7. The second-order valence-corrected chi connectivity index (χ2v) is 10.5. The molecule has 1 aromatic carbocycles. The lowest BCUT2D eigenvalue weighted by molar-refractivity contribution is -0.131. The van der Waals surface area contributed by atoms with Crippen LogP contribution in [0.25, 0.3) is 16.9 Å². The Bertz CT molecular complexity index is 1430. The van der Waals surface area contributed by atoms with Gasteiger partial charge in [-0.05, 0) is 52.3 Å². The number of amides is 1. The third kappa shape index (κ3) is 5.69. The number of carbonyl (C=O) groups excluding carboxylic acids is 1. The van der Waals surface area contributed by atoms with E-state index in [1.54, 1.807) is 24.8 Å². The van der Waals surface area contributed by atoms with E-state index in [4.69, 9.17) is 4.74 Å². The molecular weight excluding hydrogens is 496 g/mol. The lowest BCUT2D eigenvalue weighted by atomic mass is 10.2. The molecule has 1 amide bonds. The van der Waals surface area contributed by atoms with Gasteiger partial charge in [-0.3, -0.25) is 9.59 Å². The minimum absolute atomic E-state index is 0.0292. The summed E-state index contributed by atoms with van der Waals surface area (Å²) in [6.07, 6.45) is 1.45. The smallest absolute Gasteiger partial charge is 0.277 e. The van der Waals surface area contributed by atoms with E-state index in [0.29, 0.717) is 54.5 Å². The van der Waals surface area contributed by atoms with Gasteiger partial charge in [0.2, 0.25) is 15.9 Å². The molecule has 3 aromatic rings. The lowest BCUT2D eigenvalue weighted by Crippen LogP contribution is -2.42. The van der Waals surface area contributed by atoms with E-state index in [0.717, 1.165) is 10.7 Å². The number of aromatic amines is 1. The first-order chi connectivity index (χ1) is 17.6. The van der Waals surface area contributed by atoms with Crippen molar-refractivity contribution in [3.05, 3.63) is 40.1 Å². The van der Waals surface area contributed by atoms with E-state index in [1.165, 1.54) is 16.6 Å². The molecule has 0 aliphatic rings. The van der Waals surface area contributed by atoms with E-state index in [1.807, 2.05) is 27.7 Å². The van der Waals surface area contributed by atoms with Crippen molar-refractivity contribution >= 4 is 21.4 Å². The summed E-state index contributed by atoms with van der Waals surface area (Å²) in [6.45, 7) is 12.1. The summed E-state index contributed by atoms with van der Waals surface area (Å²) < 4.78 is 35.6. The Morgan fingerprint density at radius 2 is 1.81 bits per heavy atom. The van der Waals surface area contributed by atoms with Crippen LogP contribution >= 0.6 is 0 Å². The summed E-state index contributed by atoms with van der Waals surface area (Å²) in [4.78, 5) is 34.5. The van der Waals surface area contributed by atoms with Crippen LogP contribution in [0.5, 0.6) is 5.75 Å². The zero-order chi connectivity index (χ0) is 27.3. The third-order valence-corrected chi connectivity index (χ3v) is 8.06. The van der Waals surface area contributed by atoms with Crippen molar-refractivity contribution in [1.29, 1.82) is 0 Å². The second kappa shape index (κ2) is 11.9. The number of ether oxygens (including phenoxy) is 1. The Labute approximate surface area is 217 Å². The highest BCUT2D eigenvalue weighted by Gasteiger charge is 2.28. The van der Waals surface area contributed by atoms with Gasteiger partial charge in [0.1, 0.15) is 11.6 Å². The van der Waals surface area contributed by atoms with Gasteiger partial charge in [-0.2, -0.15) is 4.31 Å². The number of rotatable bonds is 12. The van der Waals surface area contributed by atoms with Crippen molar-refractivity contribution in [2.24, 2.45) is 0 Å². The maximum absolute atomic E-state index is 13.6. The number of aryl methyl sites for hydroxylation is 2. The number of nitrogens with one attached hydrogen (secondary N) is 1. The molecule has 0 fully saturated rings. The van der Waals surface area contributed by atoms with Crippen LogP contribution in [0.1, 0.15) is 52.6 Å². The van der Waals surface area contributed by atoms with E-state index in [2.05, 4.69) is 15.1 Å². The maximum Gasteiger partial charge on any atom is 0.277 e. The molecule has 202 valence electrons. The normalized spacial score (nSPS) is 11.9. The quantitative estimate of drug-likeness (QED) is 0.379. The van der Waals surface area contributed by atoms with Gasteiger partial charge >= 0.3 is 0 Å². The van der Waals surface area contributed by atoms with E-state index in [-0.39, 0.29) is 35.3 Å². The van der Waals surface area contributed by atoms with Gasteiger partial charge in [0.25, 0.3) is 5.56 Å². The number of aromatic nitrogens is 4. The first-order valence-corrected chi connectivity index (χ1v) is 14.1. The van der Waals surface area contributed by atoms with Gasteiger partial charge < -0.3 is 14.6 Å². The highest BCUT2D eigenvalue weighted by molar-refractivity contribution is 7.89. The average molecular weight is 533 g/mol. The highest BCUT2D eigenvalue weighted by Crippen LogP contribution is 2.31. The largest absolute Gasteiger partial charge is 0.493 e. The standard InChI is InChI=1S/C25H36N6O5S/c1-7-12-21-26-17(6)23-25(33)27-24(28-31(21)23)19-15-18(13-14-20(19)36-11-5)37(34,35)30(10-4)16-22(32)29(8-2)9-3/h13-15H,7-12,16H2,1-6H3,(H,27,28,33). The molecule has 0 saturated heterocycles. The van der Waals surface area contributed by atoms with Crippen LogP contribution in [0.2, 0.25) is 0 Å². The van der Waals surface area contributed by atoms with E-state index >= 15 is 0 Å². The summed E-state index contributed by atoms with van der Waals surface area (Å²) in [5.41, 5.74) is 0.859. The Morgan fingerprint density at radius 3 is 2.41 bits per heavy atom. The van der Waals surface area contributed by atoms with Crippen LogP contribution in [0, 0.1) is 6.92 Å². The molecule has 0 aliphatic heterocycles. The maximum atomic E-state index is 13.6. The van der Waals surface area contributed by atoms with Crippen molar-refractivity contribution < 1.29 is 17.9 Å². The highest BCUT2D eigenvalue weighted by atomic mass is 32.2. The first kappa shape index (κ1) is 28.3. The molecule has 11 nitrogen and oxygen atoms in total. The fourth-order valence-electron chi connectivity index (χ4n) is 4.22. The Balaban J connectivity index is 2.14. The topological polar surface area (TPSA) is 130 Å². The van der Waals surface area contributed by atoms with Gasteiger partial charge in [0.05, 0.1) is 29.3 Å². The molecule has 2 aromatic heterocycles. The Morgan fingerprint density at radius 1 is 1.11 bits per heavy atom. The summed E-state index contributed by atoms with van der Waals surface area (Å²) in [6, 6.07) is 4.41. The molecule has 12 heteroatoms. The second-order valence-electron chi connectivity index (χ2n) is 8.51. The monoisotopic (exact) mass is 532 g/mol. The summed E-state index contributed by atoms with van der Waals surface area (Å²) in [5, 5.41) is 4.62. The predicted molar refractivity (Wildman–Crippen MR) is 141 cm³/mol. The molecule has 1 N–H and O–H groups in total. The number of benzene rings is 1. The van der Waals surface area contributed by atoms with E-state index in [9.17, 15) is 18.0 Å². The number of nitrogens with zero attached hydrogens (tertiary/aromatic N) is 5. The molecule has 0 atom stereocenters. The zero-order valence-corrected chi connectivity index (χ0v) is 23.2. The van der Waals surface area contributed by atoms with Crippen molar-refractivity contribution in [3.8, 4) is 17.1 Å². The third-order valence-electron chi connectivity index (χ3n) is 6.14. The van der Waals surface area contributed by atoms with Crippen LogP contribution in [0.15, 0.2) is 27.9 Å². The van der Waals surface area contributed by atoms with Gasteiger partial charge in [0, 0.05) is 26.1 Å². The van der Waals surface area contributed by atoms with Crippen LogP contribution < -0.4 is 10.3 Å². The lowest BCUT2D eigenvalue weighted by Gasteiger charge is -2.25. The molecule has 2 heterocycles. The van der Waals surface area contributed by atoms with Crippen LogP contribution in [0.3, 0.4) is 0 Å². The molecule has 0 saturated carbocycles. The molecule has 0 unspecified atom stereocenters. The summed E-state index contributed by atoms with van der Waals surface area (Å²) >= 11 is 0. The van der Waals surface area contributed by atoms with Crippen LogP contribution in [0.4, 0.5) is 0 Å². The fraction of sp³-hybridized carbons (Fsp3) is 0.520. The van der Waals surface area contributed by atoms with Crippen molar-refractivity contribution in [2.45, 2.75) is 59.3 Å². The fourth-order valence-corrected chi connectivity index (χ4v) is 5.65. The number of hydrogen-bond donors (Lipinski definition) is 1. The van der Waals surface area contributed by atoms with Gasteiger partial charge in [-0.15, -0.1) is 5.10 Å². The Hall–Kier alpha value is -3.25. The molecule has 3 rings (SSSR count). The molecule has 0 aliphatic carbocycles. The van der Waals surface area contributed by atoms with Crippen molar-refractivity contribution in [1.82, 2.24) is 28.8 Å². The molecular formula is C25H36N6O5S. The van der Waals surface area contributed by atoms with Gasteiger partial charge in [-0.1, -0.05) is 13.8 Å². The number of H-pyrrole nitrogens is 1. The zero-order valence-electron chi connectivity index (χ0n) is 22.4. The van der Waals surface area contributed by atoms with Crippen LogP contribution in [-0.4, -0.2) is 75.9 Å². The number of sulfonamides is 1. The SMILES string of the molecule is CCCc1nc(C)c2c(=O)[nH]c(-c3cc(S(=O)(=O)N(CC)CC(=O)N(CC)CC)ccc3OCC)nn12. The minimum atomic E-state index is -4.03. The van der Waals surface area contributed by atoms with Gasteiger partial charge in [0.15, 0.2) is 11.3 Å². The summed E-state index contributed by atoms with van der Waals surface area (Å²) in [5.74, 6) is 0.920. The molecule has 0 spiro atoms. The summed E-state index contributed by atoms with van der Waals surface area (Å²) in [7, 11) is -4.03. The van der Waals surface area contributed by atoms with E-state index < -0.39 is 10.0 Å². The number of hydrogen-bond acceptors (Lipinski definition) is 7. The van der Waals surface area contributed by atoms with Crippen molar-refractivity contribution in [3.63, 3.8) is 0 Å². The van der Waals surface area contributed by atoms with Gasteiger partial charge in [-0.25, -0.2) is 17.9 Å². The number of fused-ring (bicyclic) bond motifs is 1.